The molecule has 0 fully saturated rings. The van der Waals surface area contributed by atoms with Crippen molar-refractivity contribution in [2.24, 2.45) is 0 Å². The number of hydrogen-bond donors (Lipinski definition) is 1. The highest BCUT2D eigenvalue weighted by molar-refractivity contribution is 6.30. The van der Waals surface area contributed by atoms with Gasteiger partial charge in [0, 0.05) is 5.69 Å². The van der Waals surface area contributed by atoms with E-state index >= 15 is 0 Å². The van der Waals surface area contributed by atoms with Gasteiger partial charge >= 0.3 is 5.56 Å². The fourth-order valence-corrected chi connectivity index (χ4v) is 2.94. The van der Waals surface area contributed by atoms with E-state index < -0.39 is 11.4 Å². The maximum Gasteiger partial charge on any atom is 0.316 e. The van der Waals surface area contributed by atoms with Crippen LogP contribution in [-0.2, 0) is 13.0 Å². The summed E-state index contributed by atoms with van der Waals surface area (Å²) in [5.74, 6) is 0.00549. The van der Waals surface area contributed by atoms with E-state index in [1.54, 1.807) is 22.9 Å². The Hall–Kier alpha value is -2.86. The predicted molar refractivity (Wildman–Crippen MR) is 105 cm³/mol. The molecular formula is C20H19ClFN3O2. The maximum absolute atomic E-state index is 13.4. The number of nitrogens with zero attached hydrogens (tertiary/aromatic N) is 2. The molecule has 3 rings (SSSR count). The van der Waals surface area contributed by atoms with Crippen LogP contribution in [0.15, 0.2) is 53.5 Å². The number of halogens is 2. The Kier molecular flexibility index (Phi) is 5.76. The van der Waals surface area contributed by atoms with Crippen molar-refractivity contribution in [2.75, 3.05) is 12.4 Å². The van der Waals surface area contributed by atoms with Gasteiger partial charge in [-0.2, -0.15) is 4.98 Å². The molecule has 1 heterocycles. The van der Waals surface area contributed by atoms with Crippen LogP contribution in [0, 0.1) is 5.82 Å². The SMILES string of the molecule is CCc1ccccc1Nc1nc(=O)c(OC)cn1Cc1ccc(F)c(Cl)c1. The van der Waals surface area contributed by atoms with Gasteiger partial charge in [0.05, 0.1) is 24.9 Å². The summed E-state index contributed by atoms with van der Waals surface area (Å²) in [6, 6.07) is 12.3. The van der Waals surface area contributed by atoms with E-state index in [-0.39, 0.29) is 10.8 Å². The third-order valence-corrected chi connectivity index (χ3v) is 4.45. The fraction of sp³-hybridized carbons (Fsp3) is 0.200. The monoisotopic (exact) mass is 387 g/mol. The molecule has 27 heavy (non-hydrogen) atoms. The predicted octanol–water partition coefficient (Wildman–Crippen LogP) is 4.40. The van der Waals surface area contributed by atoms with Crippen molar-refractivity contribution in [1.82, 2.24) is 9.55 Å². The zero-order valence-corrected chi connectivity index (χ0v) is 15.8. The second-order valence-electron chi connectivity index (χ2n) is 5.95. The third-order valence-electron chi connectivity index (χ3n) is 4.16. The average molecular weight is 388 g/mol. The van der Waals surface area contributed by atoms with Crippen molar-refractivity contribution >= 4 is 23.2 Å². The molecule has 1 N–H and O–H groups in total. The number of aromatic nitrogens is 2. The first kappa shape index (κ1) is 18.9. The van der Waals surface area contributed by atoms with Crippen molar-refractivity contribution in [3.63, 3.8) is 0 Å². The lowest BCUT2D eigenvalue weighted by Crippen LogP contribution is -2.19. The zero-order valence-electron chi connectivity index (χ0n) is 15.0. The van der Waals surface area contributed by atoms with Gasteiger partial charge in [0.15, 0.2) is 0 Å². The van der Waals surface area contributed by atoms with Gasteiger partial charge in [0.1, 0.15) is 5.82 Å². The molecule has 0 unspecified atom stereocenters. The fourth-order valence-electron chi connectivity index (χ4n) is 2.74. The number of anilines is 2. The summed E-state index contributed by atoms with van der Waals surface area (Å²) in [6.07, 6.45) is 2.40. The topological polar surface area (TPSA) is 56.1 Å². The molecule has 0 atom stereocenters. The van der Waals surface area contributed by atoms with Crippen LogP contribution in [-0.4, -0.2) is 16.7 Å². The largest absolute Gasteiger partial charge is 0.490 e. The minimum Gasteiger partial charge on any atom is -0.490 e. The van der Waals surface area contributed by atoms with Gasteiger partial charge in [-0.15, -0.1) is 0 Å². The molecule has 0 spiro atoms. The van der Waals surface area contributed by atoms with E-state index in [2.05, 4.69) is 17.2 Å². The van der Waals surface area contributed by atoms with Gasteiger partial charge < -0.3 is 14.6 Å². The Labute approximate surface area is 161 Å². The molecule has 1 aromatic heterocycles. The summed E-state index contributed by atoms with van der Waals surface area (Å²) >= 11 is 5.88. The standard InChI is InChI=1S/C20H19ClFN3O2/c1-3-14-6-4-5-7-17(14)23-20-24-19(26)18(27-2)12-25(20)11-13-8-9-16(22)15(21)10-13/h4-10,12H,3,11H2,1-2H3,(H,23,24,26). The molecule has 0 saturated heterocycles. The van der Waals surface area contributed by atoms with E-state index in [1.165, 1.54) is 13.2 Å². The number of para-hydroxylation sites is 1. The zero-order chi connectivity index (χ0) is 19.4. The summed E-state index contributed by atoms with van der Waals surface area (Å²) in [7, 11) is 1.41. The van der Waals surface area contributed by atoms with Crippen molar-refractivity contribution in [3.05, 3.63) is 81.0 Å². The highest BCUT2D eigenvalue weighted by Crippen LogP contribution is 2.22. The van der Waals surface area contributed by atoms with Crippen LogP contribution < -0.4 is 15.6 Å². The van der Waals surface area contributed by atoms with Gasteiger partial charge in [-0.1, -0.05) is 42.8 Å². The van der Waals surface area contributed by atoms with Crippen LogP contribution in [0.2, 0.25) is 5.02 Å². The van der Waals surface area contributed by atoms with Crippen LogP contribution in [0.1, 0.15) is 18.1 Å². The highest BCUT2D eigenvalue weighted by atomic mass is 35.5. The van der Waals surface area contributed by atoms with Crippen molar-refractivity contribution in [1.29, 1.82) is 0 Å². The Balaban J connectivity index is 2.03. The molecule has 3 aromatic rings. The molecule has 0 amide bonds. The van der Waals surface area contributed by atoms with Crippen LogP contribution >= 0.6 is 11.6 Å². The van der Waals surface area contributed by atoms with E-state index in [4.69, 9.17) is 16.3 Å². The Morgan fingerprint density at radius 2 is 2.04 bits per heavy atom. The summed E-state index contributed by atoms with van der Waals surface area (Å²) in [5, 5.41) is 3.26. The van der Waals surface area contributed by atoms with Gasteiger partial charge in [0.2, 0.25) is 11.7 Å². The third kappa shape index (κ3) is 4.28. The lowest BCUT2D eigenvalue weighted by Gasteiger charge is -2.17. The number of nitrogens with one attached hydrogen (secondary N) is 1. The summed E-state index contributed by atoms with van der Waals surface area (Å²) in [5.41, 5.74) is 2.25. The first-order valence-corrected chi connectivity index (χ1v) is 8.84. The quantitative estimate of drug-likeness (QED) is 0.681. The second-order valence-corrected chi connectivity index (χ2v) is 6.36. The van der Waals surface area contributed by atoms with Gasteiger partial charge in [-0.25, -0.2) is 4.39 Å². The molecular weight excluding hydrogens is 369 g/mol. The normalized spacial score (nSPS) is 10.7. The minimum atomic E-state index is -0.480. The first-order chi connectivity index (χ1) is 13.0. The molecule has 2 aromatic carbocycles. The van der Waals surface area contributed by atoms with Gasteiger partial charge in [0.25, 0.3) is 0 Å². The van der Waals surface area contributed by atoms with Crippen molar-refractivity contribution in [2.45, 2.75) is 19.9 Å². The number of benzene rings is 2. The number of aryl methyl sites for hydroxylation is 1. The minimum absolute atomic E-state index is 0.0410. The Morgan fingerprint density at radius 1 is 1.26 bits per heavy atom. The molecule has 5 nitrogen and oxygen atoms in total. The van der Waals surface area contributed by atoms with Crippen LogP contribution in [0.4, 0.5) is 16.0 Å². The molecule has 7 heteroatoms. The van der Waals surface area contributed by atoms with E-state index in [0.717, 1.165) is 23.2 Å². The molecule has 0 bridgehead atoms. The number of hydrogen-bond acceptors (Lipinski definition) is 4. The number of rotatable bonds is 6. The van der Waals surface area contributed by atoms with Crippen molar-refractivity contribution < 1.29 is 9.13 Å². The first-order valence-electron chi connectivity index (χ1n) is 8.46. The molecule has 0 aliphatic heterocycles. The van der Waals surface area contributed by atoms with Gasteiger partial charge in [-0.3, -0.25) is 4.79 Å². The van der Waals surface area contributed by atoms with Crippen LogP contribution in [0.3, 0.4) is 0 Å². The van der Waals surface area contributed by atoms with E-state index in [0.29, 0.717) is 12.5 Å². The number of ether oxygens (including phenoxy) is 1. The Bertz CT molecular complexity index is 1020. The highest BCUT2D eigenvalue weighted by Gasteiger charge is 2.12. The molecule has 0 radical (unpaired) electrons. The van der Waals surface area contributed by atoms with Crippen LogP contribution in [0.25, 0.3) is 0 Å². The van der Waals surface area contributed by atoms with Crippen LogP contribution in [0.5, 0.6) is 5.75 Å². The maximum atomic E-state index is 13.4. The molecule has 0 aliphatic rings. The molecule has 140 valence electrons. The summed E-state index contributed by atoms with van der Waals surface area (Å²) in [6.45, 7) is 2.38. The lowest BCUT2D eigenvalue weighted by molar-refractivity contribution is 0.402. The molecule has 0 saturated carbocycles. The van der Waals surface area contributed by atoms with Crippen molar-refractivity contribution in [3.8, 4) is 5.75 Å². The van der Waals surface area contributed by atoms with Gasteiger partial charge in [-0.05, 0) is 35.7 Å². The summed E-state index contributed by atoms with van der Waals surface area (Å²) in [4.78, 5) is 16.3. The second kappa shape index (κ2) is 8.22. The summed E-state index contributed by atoms with van der Waals surface area (Å²) < 4.78 is 20.3. The average Bonchev–Trinajstić information content (AvgIpc) is 2.67. The smallest absolute Gasteiger partial charge is 0.316 e. The molecule has 0 aliphatic carbocycles. The lowest BCUT2D eigenvalue weighted by atomic mass is 10.1. The number of methoxy groups -OCH3 is 1. The van der Waals surface area contributed by atoms with E-state index in [9.17, 15) is 9.18 Å². The van der Waals surface area contributed by atoms with E-state index in [1.807, 2.05) is 24.3 Å². The Morgan fingerprint density at radius 3 is 2.74 bits per heavy atom.